The van der Waals surface area contributed by atoms with E-state index in [-0.39, 0.29) is 33.8 Å². The van der Waals surface area contributed by atoms with Crippen molar-refractivity contribution < 1.29 is 22.4 Å². The third-order valence-electron chi connectivity index (χ3n) is 5.38. The predicted molar refractivity (Wildman–Crippen MR) is 120 cm³/mol. The molecule has 1 unspecified atom stereocenters. The van der Waals surface area contributed by atoms with Crippen molar-refractivity contribution in [3.63, 3.8) is 0 Å². The average Bonchev–Trinajstić information content (AvgIpc) is 3.27. The van der Waals surface area contributed by atoms with E-state index in [9.17, 15) is 22.4 Å². The van der Waals surface area contributed by atoms with E-state index >= 15 is 0 Å². The Bertz CT molecular complexity index is 1220. The molecule has 3 aromatic heterocycles. The highest BCUT2D eigenvalue weighted by Crippen LogP contribution is 2.36. The van der Waals surface area contributed by atoms with Gasteiger partial charge in [-0.25, -0.2) is 22.5 Å². The number of pyridine rings is 1. The van der Waals surface area contributed by atoms with Crippen molar-refractivity contribution in [1.29, 1.82) is 5.41 Å². The molecule has 0 spiro atoms. The average molecular weight is 496 g/mol. The van der Waals surface area contributed by atoms with Crippen LogP contribution in [0.3, 0.4) is 0 Å². The van der Waals surface area contributed by atoms with Crippen LogP contribution >= 0.6 is 11.3 Å². The zero-order valence-electron chi connectivity index (χ0n) is 17.9. The Labute approximate surface area is 195 Å². The third-order valence-corrected chi connectivity index (χ3v) is 6.28. The number of halogens is 4. The Morgan fingerprint density at radius 3 is 2.71 bits per heavy atom. The molecule has 0 aromatic carbocycles. The fraction of sp³-hybridized carbons (Fsp3) is 0.350. The van der Waals surface area contributed by atoms with Crippen molar-refractivity contribution in [2.24, 2.45) is 13.0 Å². The molecule has 0 saturated carbocycles. The molecule has 0 radical (unpaired) electrons. The minimum Gasteiger partial charge on any atom is -0.389 e. The number of nitrogens with two attached hydrogens (primary N) is 1. The molecule has 34 heavy (non-hydrogen) atoms. The van der Waals surface area contributed by atoms with Gasteiger partial charge < -0.3 is 21.4 Å². The number of amides is 1. The summed E-state index contributed by atoms with van der Waals surface area (Å²) in [5.41, 5.74) is 5.31. The maximum atomic E-state index is 14.5. The van der Waals surface area contributed by atoms with Gasteiger partial charge in [0, 0.05) is 25.9 Å². The zero-order valence-corrected chi connectivity index (χ0v) is 18.7. The van der Waals surface area contributed by atoms with Gasteiger partial charge in [-0.05, 0) is 12.6 Å². The molecule has 3 aromatic rings. The quantitative estimate of drug-likeness (QED) is 0.366. The fourth-order valence-corrected chi connectivity index (χ4v) is 4.72. The first kappa shape index (κ1) is 23.6. The van der Waals surface area contributed by atoms with E-state index in [4.69, 9.17) is 11.1 Å². The number of anilines is 3. The summed E-state index contributed by atoms with van der Waals surface area (Å²) in [6, 6.07) is 0. The summed E-state index contributed by atoms with van der Waals surface area (Å²) in [5.74, 6) is -6.06. The van der Waals surface area contributed by atoms with Crippen LogP contribution in [0.5, 0.6) is 0 Å². The minimum atomic E-state index is -3.04. The van der Waals surface area contributed by atoms with Gasteiger partial charge in [-0.1, -0.05) is 11.3 Å². The number of hydrogen-bond donors (Lipinski definition) is 3. The molecule has 1 saturated heterocycles. The number of nitrogen functional groups attached to an aromatic ring is 1. The summed E-state index contributed by atoms with van der Waals surface area (Å²) in [6.07, 6.45) is 3.86. The summed E-state index contributed by atoms with van der Waals surface area (Å²) in [6.45, 7) is -0.384. The van der Waals surface area contributed by atoms with E-state index in [1.165, 1.54) is 15.8 Å². The fourth-order valence-electron chi connectivity index (χ4n) is 3.85. The van der Waals surface area contributed by atoms with Crippen molar-refractivity contribution in [2.45, 2.75) is 18.8 Å². The lowest BCUT2D eigenvalue weighted by Gasteiger charge is -2.26. The molecular weight excluding hydrogens is 476 g/mol. The van der Waals surface area contributed by atoms with Gasteiger partial charge in [0.1, 0.15) is 15.7 Å². The number of aromatic nitrogens is 4. The zero-order chi connectivity index (χ0) is 24.6. The number of carbonyl (C=O) groups is 1. The molecule has 0 bridgehead atoms. The van der Waals surface area contributed by atoms with Crippen LogP contribution in [0, 0.1) is 23.0 Å². The number of hydrogen-bond acceptors (Lipinski definition) is 8. The molecule has 1 amide bonds. The standard InChI is InChI=1S/C20H20F4N8OS/c1-31-19(32-3-2-10(5-25)4-20(23,24)9-32)13(8-28-31)29-17(33)15-16(26)34-18(30-15)14-11(21)6-27-7-12(14)22/h5-8,10,25H,2-4,9,26H2,1H3,(H,29,33). The van der Waals surface area contributed by atoms with Crippen LogP contribution < -0.4 is 16.0 Å². The van der Waals surface area contributed by atoms with Gasteiger partial charge in [0.2, 0.25) is 0 Å². The van der Waals surface area contributed by atoms with Crippen LogP contribution in [0.25, 0.3) is 10.6 Å². The van der Waals surface area contributed by atoms with E-state index < -0.39 is 47.9 Å². The van der Waals surface area contributed by atoms with Gasteiger partial charge in [-0.3, -0.25) is 14.5 Å². The number of nitrogens with one attached hydrogen (secondary N) is 2. The monoisotopic (exact) mass is 496 g/mol. The van der Waals surface area contributed by atoms with E-state index in [2.05, 4.69) is 20.4 Å². The molecular formula is C20H20F4N8OS. The highest BCUT2D eigenvalue weighted by atomic mass is 32.1. The SMILES string of the molecule is Cn1ncc(NC(=O)c2nc(-c3c(F)cncc3F)sc2N)c1N1CCC(C=N)CC(F)(F)C1. The number of carbonyl (C=O) groups excluding carboxylic acids is 1. The van der Waals surface area contributed by atoms with E-state index in [0.717, 1.165) is 29.9 Å². The van der Waals surface area contributed by atoms with Crippen LogP contribution in [0.4, 0.5) is 34.1 Å². The van der Waals surface area contributed by atoms with Crippen LogP contribution in [-0.2, 0) is 7.05 Å². The molecule has 1 atom stereocenters. The van der Waals surface area contributed by atoms with Crippen LogP contribution in [0.2, 0.25) is 0 Å². The molecule has 0 aliphatic carbocycles. The summed E-state index contributed by atoms with van der Waals surface area (Å²) in [4.78, 5) is 21.7. The van der Waals surface area contributed by atoms with Crippen molar-refractivity contribution in [3.8, 4) is 10.6 Å². The van der Waals surface area contributed by atoms with Crippen molar-refractivity contribution >= 4 is 40.0 Å². The van der Waals surface area contributed by atoms with Crippen molar-refractivity contribution in [1.82, 2.24) is 19.7 Å². The highest BCUT2D eigenvalue weighted by molar-refractivity contribution is 7.19. The Morgan fingerprint density at radius 2 is 2.03 bits per heavy atom. The normalized spacial score (nSPS) is 17.9. The highest BCUT2D eigenvalue weighted by Gasteiger charge is 2.39. The number of nitrogens with zero attached hydrogens (tertiary/aromatic N) is 5. The second-order valence-electron chi connectivity index (χ2n) is 7.87. The summed E-state index contributed by atoms with van der Waals surface area (Å²) >= 11 is 0.724. The lowest BCUT2D eigenvalue weighted by molar-refractivity contribution is -0.00210. The van der Waals surface area contributed by atoms with Gasteiger partial charge in [0.15, 0.2) is 23.1 Å². The van der Waals surface area contributed by atoms with Crippen LogP contribution in [-0.4, -0.2) is 50.9 Å². The predicted octanol–water partition coefficient (Wildman–Crippen LogP) is 3.55. The lowest BCUT2D eigenvalue weighted by atomic mass is 10.0. The van der Waals surface area contributed by atoms with E-state index in [1.807, 2.05) is 0 Å². The van der Waals surface area contributed by atoms with E-state index in [1.54, 1.807) is 7.05 Å². The van der Waals surface area contributed by atoms with Crippen LogP contribution in [0.1, 0.15) is 23.3 Å². The summed E-state index contributed by atoms with van der Waals surface area (Å²) in [7, 11) is 1.55. The molecule has 14 heteroatoms. The molecule has 1 aliphatic rings. The largest absolute Gasteiger partial charge is 0.389 e. The third kappa shape index (κ3) is 4.58. The second-order valence-corrected chi connectivity index (χ2v) is 8.90. The Morgan fingerprint density at radius 1 is 1.32 bits per heavy atom. The van der Waals surface area contributed by atoms with Crippen molar-refractivity contribution in [3.05, 3.63) is 35.9 Å². The first-order valence-electron chi connectivity index (χ1n) is 10.1. The number of aryl methyl sites for hydroxylation is 1. The topological polar surface area (TPSA) is 126 Å². The first-order valence-corrected chi connectivity index (χ1v) is 10.9. The summed E-state index contributed by atoms with van der Waals surface area (Å²) < 4.78 is 58.4. The number of thiazole rings is 1. The van der Waals surface area contributed by atoms with Crippen molar-refractivity contribution in [2.75, 3.05) is 29.0 Å². The minimum absolute atomic E-state index is 0.0799. The first-order chi connectivity index (χ1) is 16.1. The van der Waals surface area contributed by atoms with Gasteiger partial charge >= 0.3 is 0 Å². The smallest absolute Gasteiger partial charge is 0.277 e. The molecule has 1 fully saturated rings. The molecule has 4 N–H and O–H groups in total. The van der Waals surface area contributed by atoms with Crippen LogP contribution in [0.15, 0.2) is 18.6 Å². The molecule has 4 rings (SSSR count). The van der Waals surface area contributed by atoms with Gasteiger partial charge in [0.05, 0.1) is 30.7 Å². The number of alkyl halides is 2. The van der Waals surface area contributed by atoms with Gasteiger partial charge in [-0.15, -0.1) is 0 Å². The van der Waals surface area contributed by atoms with Gasteiger partial charge in [-0.2, -0.15) is 5.10 Å². The summed E-state index contributed by atoms with van der Waals surface area (Å²) in [5, 5.41) is 13.8. The second kappa shape index (κ2) is 9.00. The Balaban J connectivity index is 1.61. The maximum Gasteiger partial charge on any atom is 0.277 e. The maximum absolute atomic E-state index is 14.5. The molecule has 1 aliphatic heterocycles. The van der Waals surface area contributed by atoms with E-state index in [0.29, 0.717) is 6.42 Å². The Kier molecular flexibility index (Phi) is 6.25. The lowest BCUT2D eigenvalue weighted by Crippen LogP contribution is -2.37. The Hall–Kier alpha value is -3.55. The molecule has 9 nitrogen and oxygen atoms in total. The number of rotatable bonds is 5. The molecule has 180 valence electrons. The molecule has 4 heterocycles. The van der Waals surface area contributed by atoms with Gasteiger partial charge in [0.25, 0.3) is 11.8 Å².